The molecule has 1 radical (unpaired) electrons. The molecule has 0 atom stereocenters. The van der Waals surface area contributed by atoms with Crippen molar-refractivity contribution in [2.24, 2.45) is 0 Å². The zero-order chi connectivity index (χ0) is 8.77. The number of benzene rings is 1. The van der Waals surface area contributed by atoms with Crippen molar-refractivity contribution >= 4 is 15.9 Å². The van der Waals surface area contributed by atoms with Crippen LogP contribution in [0.3, 0.4) is 0 Å². The number of rotatable bonds is 0. The topological polar surface area (TPSA) is 63.2 Å². The third kappa shape index (κ3) is 1.72. The van der Waals surface area contributed by atoms with E-state index in [4.69, 9.17) is 0 Å². The van der Waals surface area contributed by atoms with Crippen LogP contribution in [0.15, 0.2) is 29.2 Å². The fourth-order valence-electron chi connectivity index (χ4n) is 1.12. The Hall–Kier alpha value is -0.165. The summed E-state index contributed by atoms with van der Waals surface area (Å²) in [5.74, 6) is -0.550. The van der Waals surface area contributed by atoms with E-state index in [2.05, 4.69) is 0 Å². The second kappa shape index (κ2) is 3.53. The molecule has 0 aliphatic carbocycles. The maximum Gasteiger partial charge on any atom is 0.266 e. The minimum Gasteiger partial charge on any atom is -0.268 e. The Bertz CT molecular complexity index is 455. The third-order valence-corrected chi connectivity index (χ3v) is 3.04. The van der Waals surface area contributed by atoms with Crippen molar-refractivity contribution in [1.29, 1.82) is 0 Å². The predicted molar refractivity (Wildman–Crippen MR) is 41.1 cm³/mol. The molecule has 1 aliphatic heterocycles. The average Bonchev–Trinajstić information content (AvgIpc) is 2.25. The van der Waals surface area contributed by atoms with Crippen molar-refractivity contribution in [2.75, 3.05) is 0 Å². The largest absolute Gasteiger partial charge is 0.268 e. The second-order valence-electron chi connectivity index (χ2n) is 2.43. The second-order valence-corrected chi connectivity index (χ2v) is 4.08. The van der Waals surface area contributed by atoms with Gasteiger partial charge in [0, 0.05) is 35.6 Å². The molecule has 1 aromatic carbocycles. The molecule has 65 valence electrons. The number of carbonyl (C=O) groups excluding carboxylic acids is 1. The Labute approximate surface area is 103 Å². The van der Waals surface area contributed by atoms with Gasteiger partial charge in [-0.05, 0) is 12.1 Å². The summed E-state index contributed by atoms with van der Waals surface area (Å²) in [6, 6.07) is 6.09. The Morgan fingerprint density at radius 3 is 2.38 bits per heavy atom. The van der Waals surface area contributed by atoms with Gasteiger partial charge in [0.15, 0.2) is 0 Å². The molecule has 0 fully saturated rings. The first-order chi connectivity index (χ1) is 5.61. The van der Waals surface area contributed by atoms with Crippen LogP contribution in [0.2, 0.25) is 0 Å². The van der Waals surface area contributed by atoms with Crippen molar-refractivity contribution in [2.45, 2.75) is 4.90 Å². The standard InChI is InChI=1S/C7H5NO3S.La/c9-7-5-3-1-2-4-6(5)12(10,11)8-7;/h1-4H,(H,8,9);. The van der Waals surface area contributed by atoms with E-state index in [0.717, 1.165) is 0 Å². The zero-order valence-corrected chi connectivity index (χ0v) is 11.0. The molecule has 0 unspecified atom stereocenters. The third-order valence-electron chi connectivity index (χ3n) is 1.65. The van der Waals surface area contributed by atoms with Crippen molar-refractivity contribution in [3.05, 3.63) is 29.8 Å². The number of hydrogen-bond acceptors (Lipinski definition) is 3. The summed E-state index contributed by atoms with van der Waals surface area (Å²) < 4.78 is 24.2. The minimum atomic E-state index is -3.55. The van der Waals surface area contributed by atoms with E-state index >= 15 is 0 Å². The van der Waals surface area contributed by atoms with E-state index in [9.17, 15) is 13.2 Å². The van der Waals surface area contributed by atoms with Crippen LogP contribution in [0.4, 0.5) is 0 Å². The maximum atomic E-state index is 11.1. The molecule has 4 nitrogen and oxygen atoms in total. The molecular formula is C7H5LaNO3S. The smallest absolute Gasteiger partial charge is 0.266 e. The van der Waals surface area contributed by atoms with Gasteiger partial charge in [-0.15, -0.1) is 0 Å². The van der Waals surface area contributed by atoms with Gasteiger partial charge < -0.3 is 0 Å². The summed E-state index contributed by atoms with van der Waals surface area (Å²) in [4.78, 5) is 11.1. The van der Waals surface area contributed by atoms with Gasteiger partial charge in [-0.1, -0.05) is 12.1 Å². The van der Waals surface area contributed by atoms with Crippen molar-refractivity contribution in [1.82, 2.24) is 4.72 Å². The van der Waals surface area contributed by atoms with Gasteiger partial charge in [0.2, 0.25) is 0 Å². The predicted octanol–water partition coefficient (Wildman–Crippen LogP) is 0.119. The Morgan fingerprint density at radius 2 is 1.77 bits per heavy atom. The van der Waals surface area contributed by atoms with Crippen LogP contribution >= 0.6 is 0 Å². The fourth-order valence-corrected chi connectivity index (χ4v) is 2.29. The van der Waals surface area contributed by atoms with Crippen LogP contribution in [0.25, 0.3) is 0 Å². The number of sulfonamides is 1. The summed E-state index contributed by atoms with van der Waals surface area (Å²) in [5, 5.41) is 0. The van der Waals surface area contributed by atoms with Crippen LogP contribution in [0, 0.1) is 35.6 Å². The van der Waals surface area contributed by atoms with Gasteiger partial charge >= 0.3 is 0 Å². The number of hydrogen-bond donors (Lipinski definition) is 1. The first kappa shape index (κ1) is 10.9. The van der Waals surface area contributed by atoms with Gasteiger partial charge in [0.1, 0.15) is 4.90 Å². The van der Waals surface area contributed by atoms with E-state index in [1.165, 1.54) is 12.1 Å². The normalized spacial score (nSPS) is 17.1. The first-order valence-electron chi connectivity index (χ1n) is 3.27. The van der Waals surface area contributed by atoms with Gasteiger partial charge in [-0.2, -0.15) is 0 Å². The number of amides is 1. The summed E-state index contributed by atoms with van der Waals surface area (Å²) in [6.07, 6.45) is 0. The van der Waals surface area contributed by atoms with Gasteiger partial charge in [0.25, 0.3) is 15.9 Å². The molecule has 6 heteroatoms. The monoisotopic (exact) mass is 322 g/mol. The Balaban J connectivity index is 0.000000845. The van der Waals surface area contributed by atoms with Crippen LogP contribution in [-0.4, -0.2) is 14.3 Å². The summed E-state index contributed by atoms with van der Waals surface area (Å²) in [7, 11) is -3.55. The van der Waals surface area contributed by atoms with Gasteiger partial charge in [-0.25, -0.2) is 13.1 Å². The average molecular weight is 322 g/mol. The van der Waals surface area contributed by atoms with E-state index in [-0.39, 0.29) is 46.1 Å². The molecule has 0 spiro atoms. The van der Waals surface area contributed by atoms with E-state index in [0.29, 0.717) is 0 Å². The van der Waals surface area contributed by atoms with Crippen LogP contribution < -0.4 is 4.72 Å². The molecular weight excluding hydrogens is 317 g/mol. The molecule has 2 rings (SSSR count). The summed E-state index contributed by atoms with van der Waals surface area (Å²) in [5.41, 5.74) is 0.220. The zero-order valence-electron chi connectivity index (χ0n) is 6.52. The maximum absolute atomic E-state index is 11.1. The fraction of sp³-hybridized carbons (Fsp3) is 0. The molecule has 13 heavy (non-hydrogen) atoms. The Morgan fingerprint density at radius 1 is 1.15 bits per heavy atom. The molecule has 0 saturated carbocycles. The van der Waals surface area contributed by atoms with Gasteiger partial charge in [0.05, 0.1) is 5.56 Å². The van der Waals surface area contributed by atoms with Crippen LogP contribution in [0.5, 0.6) is 0 Å². The van der Waals surface area contributed by atoms with Crippen molar-refractivity contribution < 1.29 is 48.8 Å². The molecule has 0 bridgehead atoms. The Kier molecular flexibility index (Phi) is 2.96. The number of carbonyl (C=O) groups is 1. The van der Waals surface area contributed by atoms with Crippen molar-refractivity contribution in [3.8, 4) is 0 Å². The van der Waals surface area contributed by atoms with Crippen LogP contribution in [0.1, 0.15) is 10.4 Å². The quantitative estimate of drug-likeness (QED) is 0.738. The molecule has 1 aliphatic rings. The van der Waals surface area contributed by atoms with Crippen LogP contribution in [-0.2, 0) is 10.0 Å². The van der Waals surface area contributed by atoms with E-state index in [1.807, 2.05) is 4.72 Å². The molecule has 1 N–H and O–H groups in total. The molecule has 0 saturated heterocycles. The van der Waals surface area contributed by atoms with E-state index < -0.39 is 15.9 Å². The molecule has 0 aromatic heterocycles. The van der Waals surface area contributed by atoms with E-state index in [1.54, 1.807) is 12.1 Å². The summed E-state index contributed by atoms with van der Waals surface area (Å²) in [6.45, 7) is 0. The van der Waals surface area contributed by atoms with Gasteiger partial charge in [-0.3, -0.25) is 4.79 Å². The van der Waals surface area contributed by atoms with Crippen molar-refractivity contribution in [3.63, 3.8) is 0 Å². The molecule has 1 amide bonds. The number of fused-ring (bicyclic) bond motifs is 1. The first-order valence-corrected chi connectivity index (χ1v) is 4.76. The minimum absolute atomic E-state index is 0. The molecule has 1 aromatic rings. The number of nitrogens with one attached hydrogen (secondary N) is 1. The SMILES string of the molecule is O=C1NS(=O)(=O)c2ccccc21.[La]. The molecule has 1 heterocycles. The summed E-state index contributed by atoms with van der Waals surface area (Å²) >= 11 is 0.